The number of nitrogens with zero attached hydrogens (tertiary/aromatic N) is 2. The van der Waals surface area contributed by atoms with E-state index in [-0.39, 0.29) is 10.8 Å². The average molecular weight is 488 g/mol. The average Bonchev–Trinajstić information content (AvgIpc) is 3.32. The topological polar surface area (TPSA) is 97.8 Å². The molecule has 3 aromatic rings. The zero-order valence-electron chi connectivity index (χ0n) is 18.4. The molecule has 33 heavy (non-hydrogen) atoms. The molecule has 174 valence electrons. The summed E-state index contributed by atoms with van der Waals surface area (Å²) >= 11 is 1.27. The first-order valence-corrected chi connectivity index (χ1v) is 12.8. The summed E-state index contributed by atoms with van der Waals surface area (Å²) in [5, 5.41) is 5.01. The first kappa shape index (κ1) is 23.2. The highest BCUT2D eigenvalue weighted by Gasteiger charge is 2.37. The zero-order chi connectivity index (χ0) is 23.4. The fourth-order valence-corrected chi connectivity index (χ4v) is 6.23. The maximum Gasteiger partial charge on any atom is 0.244 e. The Hall–Kier alpha value is -2.95. The summed E-state index contributed by atoms with van der Waals surface area (Å²) in [6.07, 6.45) is 1.95. The number of hydrogen-bond acceptors (Lipinski definition) is 7. The Morgan fingerprint density at radius 2 is 1.91 bits per heavy atom. The minimum absolute atomic E-state index is 0.186. The number of amides is 1. The lowest BCUT2D eigenvalue weighted by molar-refractivity contribution is -0.120. The van der Waals surface area contributed by atoms with Gasteiger partial charge in [0.25, 0.3) is 0 Å². The normalized spacial score (nSPS) is 16.8. The third-order valence-electron chi connectivity index (χ3n) is 5.52. The molecule has 0 radical (unpaired) electrons. The van der Waals surface area contributed by atoms with E-state index in [4.69, 9.17) is 9.47 Å². The van der Waals surface area contributed by atoms with Crippen LogP contribution in [0.2, 0.25) is 0 Å². The van der Waals surface area contributed by atoms with Crippen LogP contribution in [0.1, 0.15) is 19.3 Å². The third kappa shape index (κ3) is 4.87. The highest BCUT2D eigenvalue weighted by Crippen LogP contribution is 2.35. The molecule has 1 aliphatic heterocycles. The fraction of sp³-hybridized carbons (Fsp3) is 0.304. The van der Waals surface area contributed by atoms with Crippen molar-refractivity contribution in [3.63, 3.8) is 0 Å². The van der Waals surface area contributed by atoms with Crippen LogP contribution in [0.5, 0.6) is 11.5 Å². The van der Waals surface area contributed by atoms with Gasteiger partial charge in [-0.25, -0.2) is 13.4 Å². The summed E-state index contributed by atoms with van der Waals surface area (Å²) in [6.45, 7) is 0.305. The van der Waals surface area contributed by atoms with E-state index in [2.05, 4.69) is 10.3 Å². The monoisotopic (exact) mass is 487 g/mol. The zero-order valence-corrected chi connectivity index (χ0v) is 20.0. The number of rotatable bonds is 7. The predicted molar refractivity (Wildman–Crippen MR) is 127 cm³/mol. The van der Waals surface area contributed by atoms with Crippen molar-refractivity contribution in [3.05, 3.63) is 53.9 Å². The van der Waals surface area contributed by atoms with Crippen LogP contribution >= 0.6 is 11.3 Å². The SMILES string of the molecule is COc1ccc(OC)c(-c2csc(NC(=O)C3CCCCN3S(=O)(=O)c3ccccc3)n2)c1. The van der Waals surface area contributed by atoms with E-state index >= 15 is 0 Å². The number of benzene rings is 2. The summed E-state index contributed by atoms with van der Waals surface area (Å²) in [6, 6.07) is 12.8. The molecule has 0 spiro atoms. The second kappa shape index (κ2) is 9.90. The van der Waals surface area contributed by atoms with Gasteiger partial charge in [0.05, 0.1) is 24.8 Å². The molecule has 2 aromatic carbocycles. The van der Waals surface area contributed by atoms with Gasteiger partial charge in [-0.15, -0.1) is 11.3 Å². The van der Waals surface area contributed by atoms with E-state index in [1.807, 2.05) is 11.4 Å². The van der Waals surface area contributed by atoms with Crippen LogP contribution in [0.15, 0.2) is 58.8 Å². The molecule has 2 heterocycles. The third-order valence-corrected chi connectivity index (χ3v) is 8.20. The summed E-state index contributed by atoms with van der Waals surface area (Å²) in [7, 11) is -0.622. The van der Waals surface area contributed by atoms with Crippen molar-refractivity contribution in [1.82, 2.24) is 9.29 Å². The quantitative estimate of drug-likeness (QED) is 0.541. The Labute approximate surface area is 197 Å². The molecule has 1 unspecified atom stereocenters. The first-order valence-electron chi connectivity index (χ1n) is 10.5. The molecule has 8 nitrogen and oxygen atoms in total. The summed E-state index contributed by atoms with van der Waals surface area (Å²) in [5.74, 6) is 0.910. The highest BCUT2D eigenvalue weighted by molar-refractivity contribution is 7.89. The Kier molecular flexibility index (Phi) is 6.96. The van der Waals surface area contributed by atoms with Crippen LogP contribution in [0, 0.1) is 0 Å². The van der Waals surface area contributed by atoms with E-state index in [9.17, 15) is 13.2 Å². The van der Waals surface area contributed by atoms with Gasteiger partial charge in [0.1, 0.15) is 17.5 Å². The van der Waals surface area contributed by atoms with Gasteiger partial charge in [-0.05, 0) is 43.2 Å². The van der Waals surface area contributed by atoms with Crippen molar-refractivity contribution >= 4 is 32.4 Å². The number of anilines is 1. The van der Waals surface area contributed by atoms with Crippen LogP contribution in [0.25, 0.3) is 11.3 Å². The van der Waals surface area contributed by atoms with Crippen LogP contribution < -0.4 is 14.8 Å². The highest BCUT2D eigenvalue weighted by atomic mass is 32.2. The Morgan fingerprint density at radius 3 is 2.64 bits per heavy atom. The van der Waals surface area contributed by atoms with E-state index in [0.29, 0.717) is 41.7 Å². The smallest absolute Gasteiger partial charge is 0.244 e. The lowest BCUT2D eigenvalue weighted by Crippen LogP contribution is -2.49. The molecular formula is C23H25N3O5S2. The van der Waals surface area contributed by atoms with Crippen LogP contribution in [0.3, 0.4) is 0 Å². The molecular weight excluding hydrogens is 462 g/mol. The molecule has 1 amide bonds. The van der Waals surface area contributed by atoms with Crippen molar-refractivity contribution in [3.8, 4) is 22.8 Å². The maximum absolute atomic E-state index is 13.2. The van der Waals surface area contributed by atoms with Crippen molar-refractivity contribution in [1.29, 1.82) is 0 Å². The minimum atomic E-state index is -3.78. The van der Waals surface area contributed by atoms with Crippen molar-refractivity contribution in [2.45, 2.75) is 30.2 Å². The minimum Gasteiger partial charge on any atom is -0.497 e. The van der Waals surface area contributed by atoms with Gasteiger partial charge in [-0.1, -0.05) is 24.6 Å². The van der Waals surface area contributed by atoms with Crippen LogP contribution in [-0.2, 0) is 14.8 Å². The lowest BCUT2D eigenvalue weighted by atomic mass is 10.0. The molecule has 10 heteroatoms. The molecule has 1 saturated heterocycles. The van der Waals surface area contributed by atoms with Gasteiger partial charge in [0.2, 0.25) is 15.9 Å². The van der Waals surface area contributed by atoms with E-state index < -0.39 is 16.1 Å². The Balaban J connectivity index is 1.55. The second-order valence-electron chi connectivity index (χ2n) is 7.53. The number of sulfonamides is 1. The molecule has 1 N–H and O–H groups in total. The Morgan fingerprint density at radius 1 is 1.12 bits per heavy atom. The van der Waals surface area contributed by atoms with Crippen LogP contribution in [-0.4, -0.2) is 50.4 Å². The van der Waals surface area contributed by atoms with Gasteiger partial charge >= 0.3 is 0 Å². The number of ether oxygens (including phenoxy) is 2. The van der Waals surface area contributed by atoms with Gasteiger partial charge < -0.3 is 14.8 Å². The molecule has 1 fully saturated rings. The maximum atomic E-state index is 13.2. The summed E-state index contributed by atoms with van der Waals surface area (Å²) in [5.41, 5.74) is 1.36. The predicted octanol–water partition coefficient (Wildman–Crippen LogP) is 4.01. The standard InChI is InChI=1S/C23H25N3O5S2/c1-30-16-11-12-21(31-2)18(14-16)19-15-32-23(24-19)25-22(27)20-10-6-7-13-26(20)33(28,29)17-8-4-3-5-9-17/h3-5,8-9,11-12,14-15,20H,6-7,10,13H2,1-2H3,(H,24,25,27). The van der Waals surface area contributed by atoms with E-state index in [0.717, 1.165) is 12.0 Å². The molecule has 0 bridgehead atoms. The van der Waals surface area contributed by atoms with E-state index in [1.54, 1.807) is 56.7 Å². The van der Waals surface area contributed by atoms with Crippen molar-refractivity contribution < 1.29 is 22.7 Å². The number of thiazole rings is 1. The number of hydrogen-bond donors (Lipinski definition) is 1. The molecule has 4 rings (SSSR count). The van der Waals surface area contributed by atoms with Gasteiger partial charge in [0.15, 0.2) is 5.13 Å². The fourth-order valence-electron chi connectivity index (χ4n) is 3.84. The molecule has 1 aromatic heterocycles. The second-order valence-corrected chi connectivity index (χ2v) is 10.3. The molecule has 0 aliphatic carbocycles. The number of carbonyl (C=O) groups is 1. The largest absolute Gasteiger partial charge is 0.497 e. The Bertz CT molecular complexity index is 1230. The molecule has 0 saturated carbocycles. The van der Waals surface area contributed by atoms with Gasteiger partial charge in [-0.3, -0.25) is 4.79 Å². The van der Waals surface area contributed by atoms with Gasteiger partial charge in [0, 0.05) is 17.5 Å². The number of nitrogens with one attached hydrogen (secondary N) is 1. The summed E-state index contributed by atoms with van der Waals surface area (Å²) < 4.78 is 38.4. The van der Waals surface area contributed by atoms with E-state index in [1.165, 1.54) is 15.6 Å². The number of methoxy groups -OCH3 is 2. The number of aromatic nitrogens is 1. The van der Waals surface area contributed by atoms with Gasteiger partial charge in [-0.2, -0.15) is 4.31 Å². The van der Waals surface area contributed by atoms with Crippen LogP contribution in [0.4, 0.5) is 5.13 Å². The van der Waals surface area contributed by atoms with Crippen molar-refractivity contribution in [2.75, 3.05) is 26.1 Å². The number of piperidine rings is 1. The lowest BCUT2D eigenvalue weighted by Gasteiger charge is -2.33. The molecule has 1 aliphatic rings. The van der Waals surface area contributed by atoms with Crippen molar-refractivity contribution in [2.24, 2.45) is 0 Å². The molecule has 1 atom stereocenters. The number of carbonyl (C=O) groups excluding carboxylic acids is 1. The first-order chi connectivity index (χ1) is 15.9. The summed E-state index contributed by atoms with van der Waals surface area (Å²) in [4.78, 5) is 17.8.